The highest BCUT2D eigenvalue weighted by Gasteiger charge is 2.16. The lowest BCUT2D eigenvalue weighted by molar-refractivity contribution is 0.409. The van der Waals surface area contributed by atoms with E-state index < -0.39 is 0 Å². The van der Waals surface area contributed by atoms with E-state index in [9.17, 15) is 0 Å². The van der Waals surface area contributed by atoms with E-state index in [-0.39, 0.29) is 0 Å². The maximum Gasteiger partial charge on any atom is 0.133 e. The molecular weight excluding hydrogens is 248 g/mol. The Morgan fingerprint density at radius 2 is 1.90 bits per heavy atom. The molecule has 1 heterocycles. The second-order valence-electron chi connectivity index (χ2n) is 5.95. The number of hydrogen-bond donors (Lipinski definition) is 1. The lowest BCUT2D eigenvalue weighted by Crippen LogP contribution is -2.18. The molecule has 20 heavy (non-hydrogen) atoms. The molecule has 0 spiro atoms. The third-order valence-corrected chi connectivity index (χ3v) is 3.80. The van der Waals surface area contributed by atoms with Gasteiger partial charge in [-0.1, -0.05) is 13.3 Å². The third-order valence-electron chi connectivity index (χ3n) is 3.80. The molecule has 0 bridgehead atoms. The van der Waals surface area contributed by atoms with E-state index in [1.807, 2.05) is 0 Å². The molecule has 4 heteroatoms. The minimum Gasteiger partial charge on any atom is -0.370 e. The number of nitrogens with zero attached hydrogens (tertiary/aromatic N) is 3. The van der Waals surface area contributed by atoms with E-state index in [2.05, 4.69) is 31.2 Å². The SMILES string of the molecule is CCCNc1nc(CCN(C)C)nc2c1CCCCC2. The van der Waals surface area contributed by atoms with Gasteiger partial charge in [0.25, 0.3) is 0 Å². The van der Waals surface area contributed by atoms with Gasteiger partial charge in [0.2, 0.25) is 0 Å². The van der Waals surface area contributed by atoms with Crippen LogP contribution < -0.4 is 5.32 Å². The van der Waals surface area contributed by atoms with Gasteiger partial charge in [-0.25, -0.2) is 9.97 Å². The first-order valence-electron chi connectivity index (χ1n) is 7.98. The van der Waals surface area contributed by atoms with Gasteiger partial charge in [-0.2, -0.15) is 0 Å². The highest BCUT2D eigenvalue weighted by molar-refractivity contribution is 5.47. The van der Waals surface area contributed by atoms with Gasteiger partial charge < -0.3 is 10.2 Å². The van der Waals surface area contributed by atoms with Crippen molar-refractivity contribution in [3.63, 3.8) is 0 Å². The molecular formula is C16H28N4. The molecule has 0 amide bonds. The van der Waals surface area contributed by atoms with Gasteiger partial charge >= 0.3 is 0 Å². The normalized spacial score (nSPS) is 15.0. The minimum atomic E-state index is 0.932. The van der Waals surface area contributed by atoms with Crippen molar-refractivity contribution in [2.75, 3.05) is 32.5 Å². The van der Waals surface area contributed by atoms with Gasteiger partial charge in [-0.05, 0) is 46.2 Å². The van der Waals surface area contributed by atoms with E-state index in [1.54, 1.807) is 0 Å². The minimum absolute atomic E-state index is 0.932. The number of rotatable bonds is 6. The highest BCUT2D eigenvalue weighted by Crippen LogP contribution is 2.25. The Hall–Kier alpha value is -1.16. The van der Waals surface area contributed by atoms with Crippen molar-refractivity contribution in [1.82, 2.24) is 14.9 Å². The quantitative estimate of drug-likeness (QED) is 0.811. The zero-order valence-electron chi connectivity index (χ0n) is 13.2. The van der Waals surface area contributed by atoms with Gasteiger partial charge in [0, 0.05) is 30.8 Å². The summed E-state index contributed by atoms with van der Waals surface area (Å²) >= 11 is 0. The van der Waals surface area contributed by atoms with Gasteiger partial charge in [0.05, 0.1) is 0 Å². The summed E-state index contributed by atoms with van der Waals surface area (Å²) in [4.78, 5) is 11.8. The van der Waals surface area contributed by atoms with Crippen LogP contribution in [-0.4, -0.2) is 42.1 Å². The lowest BCUT2D eigenvalue weighted by atomic mass is 10.1. The summed E-state index contributed by atoms with van der Waals surface area (Å²) in [5.41, 5.74) is 2.68. The van der Waals surface area contributed by atoms with Gasteiger partial charge in [-0.15, -0.1) is 0 Å². The highest BCUT2D eigenvalue weighted by atomic mass is 15.1. The zero-order chi connectivity index (χ0) is 14.4. The van der Waals surface area contributed by atoms with Gasteiger partial charge in [0.1, 0.15) is 11.6 Å². The molecule has 1 aliphatic carbocycles. The molecule has 0 saturated carbocycles. The van der Waals surface area contributed by atoms with Crippen molar-refractivity contribution in [2.24, 2.45) is 0 Å². The number of hydrogen-bond acceptors (Lipinski definition) is 4. The molecule has 1 aromatic heterocycles. The molecule has 1 N–H and O–H groups in total. The molecule has 0 atom stereocenters. The molecule has 0 radical (unpaired) electrons. The number of likely N-dealkylation sites (N-methyl/N-ethyl adjacent to an activating group) is 1. The fraction of sp³-hybridized carbons (Fsp3) is 0.750. The Labute approximate surface area is 123 Å². The van der Waals surface area contributed by atoms with Crippen LogP contribution in [0.5, 0.6) is 0 Å². The molecule has 0 fully saturated rings. The van der Waals surface area contributed by atoms with E-state index >= 15 is 0 Å². The molecule has 0 aliphatic heterocycles. The summed E-state index contributed by atoms with van der Waals surface area (Å²) in [6.07, 6.45) is 8.17. The first-order chi connectivity index (χ1) is 9.70. The molecule has 0 unspecified atom stereocenters. The van der Waals surface area contributed by atoms with Crippen LogP contribution in [0.15, 0.2) is 0 Å². The smallest absolute Gasteiger partial charge is 0.133 e. The average Bonchev–Trinajstić information content (AvgIpc) is 2.67. The van der Waals surface area contributed by atoms with Crippen LogP contribution in [0.2, 0.25) is 0 Å². The maximum atomic E-state index is 4.84. The van der Waals surface area contributed by atoms with Crippen LogP contribution in [0.25, 0.3) is 0 Å². The van der Waals surface area contributed by atoms with E-state index in [1.165, 1.54) is 30.5 Å². The monoisotopic (exact) mass is 276 g/mol. The Morgan fingerprint density at radius 3 is 2.65 bits per heavy atom. The largest absolute Gasteiger partial charge is 0.370 e. The molecule has 0 aromatic carbocycles. The maximum absolute atomic E-state index is 4.84. The van der Waals surface area contributed by atoms with Crippen molar-refractivity contribution in [3.8, 4) is 0 Å². The molecule has 2 rings (SSSR count). The molecule has 0 saturated heterocycles. The fourth-order valence-electron chi connectivity index (χ4n) is 2.65. The summed E-state index contributed by atoms with van der Waals surface area (Å²) < 4.78 is 0. The topological polar surface area (TPSA) is 41.1 Å². The van der Waals surface area contributed by atoms with Crippen LogP contribution in [0, 0.1) is 0 Å². The van der Waals surface area contributed by atoms with E-state index in [4.69, 9.17) is 9.97 Å². The first kappa shape index (κ1) is 15.2. The molecule has 4 nitrogen and oxygen atoms in total. The lowest BCUT2D eigenvalue weighted by Gasteiger charge is -2.15. The Bertz CT molecular complexity index is 429. The summed E-state index contributed by atoms with van der Waals surface area (Å²) in [6.45, 7) is 4.20. The third kappa shape index (κ3) is 4.17. The average molecular weight is 276 g/mol. The zero-order valence-corrected chi connectivity index (χ0v) is 13.2. The number of anilines is 1. The number of aromatic nitrogens is 2. The Morgan fingerprint density at radius 1 is 1.10 bits per heavy atom. The number of nitrogens with one attached hydrogen (secondary N) is 1. The van der Waals surface area contributed by atoms with Crippen LogP contribution in [-0.2, 0) is 19.3 Å². The molecule has 112 valence electrons. The summed E-state index contributed by atoms with van der Waals surface area (Å²) in [5.74, 6) is 2.10. The summed E-state index contributed by atoms with van der Waals surface area (Å²) in [7, 11) is 4.19. The Balaban J connectivity index is 2.23. The van der Waals surface area contributed by atoms with Crippen molar-refractivity contribution < 1.29 is 0 Å². The second kappa shape index (κ2) is 7.58. The Kier molecular flexibility index (Phi) is 5.77. The second-order valence-corrected chi connectivity index (χ2v) is 5.95. The predicted molar refractivity (Wildman–Crippen MR) is 84.3 cm³/mol. The van der Waals surface area contributed by atoms with Gasteiger partial charge in [-0.3, -0.25) is 0 Å². The van der Waals surface area contributed by atoms with E-state index in [0.717, 1.165) is 50.4 Å². The molecule has 1 aromatic rings. The van der Waals surface area contributed by atoms with Crippen LogP contribution >= 0.6 is 0 Å². The number of aryl methyl sites for hydroxylation is 1. The van der Waals surface area contributed by atoms with E-state index in [0.29, 0.717) is 0 Å². The fourth-order valence-corrected chi connectivity index (χ4v) is 2.65. The van der Waals surface area contributed by atoms with Crippen molar-refractivity contribution in [2.45, 2.75) is 51.9 Å². The molecule has 1 aliphatic rings. The first-order valence-corrected chi connectivity index (χ1v) is 7.98. The van der Waals surface area contributed by atoms with Gasteiger partial charge in [0.15, 0.2) is 0 Å². The number of fused-ring (bicyclic) bond motifs is 1. The standard InChI is InChI=1S/C16H28N4/c1-4-11-17-16-13-8-6-5-7-9-14(13)18-15(19-16)10-12-20(2)3/h4-12H2,1-3H3,(H,17,18,19). The van der Waals surface area contributed by atoms with Crippen LogP contribution in [0.3, 0.4) is 0 Å². The predicted octanol–water partition coefficient (Wildman–Crippen LogP) is 2.67. The van der Waals surface area contributed by atoms with Crippen molar-refractivity contribution >= 4 is 5.82 Å². The van der Waals surface area contributed by atoms with Crippen molar-refractivity contribution in [1.29, 1.82) is 0 Å². The van der Waals surface area contributed by atoms with Crippen molar-refractivity contribution in [3.05, 3.63) is 17.1 Å². The summed E-state index contributed by atoms with van der Waals surface area (Å²) in [6, 6.07) is 0. The van der Waals surface area contributed by atoms with Crippen LogP contribution in [0.4, 0.5) is 5.82 Å². The van der Waals surface area contributed by atoms with Crippen LogP contribution in [0.1, 0.15) is 49.7 Å². The summed E-state index contributed by atoms with van der Waals surface area (Å²) in [5, 5.41) is 3.51.